The summed E-state index contributed by atoms with van der Waals surface area (Å²) in [5.41, 5.74) is 2.35. The number of esters is 1. The van der Waals surface area contributed by atoms with Crippen LogP contribution in [0.3, 0.4) is 0 Å². The molecule has 0 N–H and O–H groups in total. The van der Waals surface area contributed by atoms with E-state index in [2.05, 4.69) is 40.9 Å². The summed E-state index contributed by atoms with van der Waals surface area (Å²) in [6.45, 7) is 4.38. The summed E-state index contributed by atoms with van der Waals surface area (Å²) < 4.78 is 5.19. The molecule has 0 aliphatic carbocycles. The third kappa shape index (κ3) is 3.52. The van der Waals surface area contributed by atoms with Crippen LogP contribution in [0.1, 0.15) is 21.9 Å². The van der Waals surface area contributed by atoms with Gasteiger partial charge in [-0.25, -0.2) is 0 Å². The summed E-state index contributed by atoms with van der Waals surface area (Å²) in [7, 11) is 0. The Hall–Kier alpha value is -0.492. The van der Waals surface area contributed by atoms with Crippen LogP contribution in [-0.2, 0) is 9.53 Å². The average molecular weight is 329 g/mol. The van der Waals surface area contributed by atoms with Gasteiger partial charge in [-0.05, 0) is 0 Å². The molecule has 1 aromatic rings. The van der Waals surface area contributed by atoms with Crippen LogP contribution < -0.4 is 0 Å². The quantitative estimate of drug-likeness (QED) is 0.627. The minimum absolute atomic E-state index is 0.0311. The zero-order valence-electron chi connectivity index (χ0n) is 10.4. The second-order valence-corrected chi connectivity index (χ2v) is 11.0. The second-order valence-electron chi connectivity index (χ2n) is 4.03. The van der Waals surface area contributed by atoms with Gasteiger partial charge in [-0.2, -0.15) is 0 Å². The van der Waals surface area contributed by atoms with Crippen LogP contribution in [-0.4, -0.2) is 32.8 Å². The number of hydrogen-bond donors (Lipinski definition) is 0. The molecule has 0 saturated carbocycles. The summed E-state index contributed by atoms with van der Waals surface area (Å²) in [4.78, 5) is 16.3. The van der Waals surface area contributed by atoms with Crippen molar-refractivity contribution in [2.75, 3.05) is 6.61 Å². The van der Waals surface area contributed by atoms with Crippen LogP contribution in [0.4, 0.5) is 0 Å². The van der Waals surface area contributed by atoms with Gasteiger partial charge < -0.3 is 0 Å². The molecule has 0 amide bonds. The van der Waals surface area contributed by atoms with Gasteiger partial charge in [0, 0.05) is 0 Å². The van der Waals surface area contributed by atoms with Crippen molar-refractivity contribution in [1.29, 1.82) is 0 Å². The molecule has 0 heterocycles. The Morgan fingerprint density at radius 1 is 1.31 bits per heavy atom. The molecule has 0 bridgehead atoms. The predicted octanol–water partition coefficient (Wildman–Crippen LogP) is 2.94. The van der Waals surface area contributed by atoms with Gasteiger partial charge in [0.25, 0.3) is 0 Å². The predicted molar refractivity (Wildman–Crippen MR) is 68.0 cm³/mol. The first-order valence-electron chi connectivity index (χ1n) is 5.46. The Bertz CT molecular complexity index is 343. The number of rotatable bonds is 4. The standard InChI is InChI=1S/C11H13O2.2CH3.Sb/c1-3-13-11(12)8-10-6-4-9(2)5-7-10;;;/h4-8H,3H2,1-2H3;2*1H3;. The van der Waals surface area contributed by atoms with Gasteiger partial charge in [-0.1, -0.05) is 0 Å². The molecule has 1 rings (SSSR count). The second kappa shape index (κ2) is 6.29. The normalized spacial score (nSPS) is 12.6. The molecule has 1 unspecified atom stereocenters. The van der Waals surface area contributed by atoms with Crippen molar-refractivity contribution in [1.82, 2.24) is 0 Å². The molecule has 3 heteroatoms. The summed E-state index contributed by atoms with van der Waals surface area (Å²) >= 11 is -1.52. The third-order valence-electron chi connectivity index (χ3n) is 2.42. The van der Waals surface area contributed by atoms with E-state index in [4.69, 9.17) is 4.74 Å². The molecule has 1 aromatic carbocycles. The molecule has 88 valence electrons. The number of aryl methyl sites for hydroxylation is 1. The van der Waals surface area contributed by atoms with E-state index in [1.807, 2.05) is 6.92 Å². The first kappa shape index (κ1) is 13.6. The summed E-state index contributed by atoms with van der Waals surface area (Å²) in [5, 5.41) is 0. The van der Waals surface area contributed by atoms with E-state index in [1.165, 1.54) is 5.56 Å². The molecule has 0 spiro atoms. The number of benzene rings is 1. The van der Waals surface area contributed by atoms with Crippen LogP contribution in [0.25, 0.3) is 0 Å². The van der Waals surface area contributed by atoms with Gasteiger partial charge >= 0.3 is 105 Å². The van der Waals surface area contributed by atoms with Crippen LogP contribution >= 0.6 is 0 Å². The first-order chi connectivity index (χ1) is 7.56. The number of hydrogen-bond acceptors (Lipinski definition) is 2. The molecule has 0 aromatic heterocycles. The van der Waals surface area contributed by atoms with Crippen molar-refractivity contribution in [2.45, 2.75) is 27.5 Å². The van der Waals surface area contributed by atoms with Crippen molar-refractivity contribution < 1.29 is 9.53 Å². The van der Waals surface area contributed by atoms with Gasteiger partial charge in [0.1, 0.15) is 0 Å². The third-order valence-corrected chi connectivity index (χ3v) is 6.82. The van der Waals surface area contributed by atoms with Gasteiger partial charge in [0.05, 0.1) is 0 Å². The van der Waals surface area contributed by atoms with Crippen molar-refractivity contribution in [2.24, 2.45) is 0 Å². The molecular formula is C13H19O2Sb. The van der Waals surface area contributed by atoms with Gasteiger partial charge in [-0.15, -0.1) is 0 Å². The van der Waals surface area contributed by atoms with Gasteiger partial charge in [0.2, 0.25) is 0 Å². The molecule has 16 heavy (non-hydrogen) atoms. The number of carbonyl (C=O) groups is 1. The zero-order chi connectivity index (χ0) is 12.1. The van der Waals surface area contributed by atoms with E-state index in [-0.39, 0.29) is 9.83 Å². The van der Waals surface area contributed by atoms with Crippen molar-refractivity contribution in [3.05, 3.63) is 35.4 Å². The van der Waals surface area contributed by atoms with Gasteiger partial charge in [0.15, 0.2) is 0 Å². The Kier molecular flexibility index (Phi) is 5.34. The Balaban J connectivity index is 2.93. The van der Waals surface area contributed by atoms with Crippen LogP contribution in [0.15, 0.2) is 24.3 Å². The first-order valence-corrected chi connectivity index (χ1v) is 12.0. The van der Waals surface area contributed by atoms with Crippen LogP contribution in [0.5, 0.6) is 0 Å². The fourth-order valence-corrected chi connectivity index (χ4v) is 5.22. The number of carbonyl (C=O) groups excluding carboxylic acids is 1. The summed E-state index contributed by atoms with van der Waals surface area (Å²) in [6.07, 6.45) is 0. The molecule has 1 atom stereocenters. The van der Waals surface area contributed by atoms with Crippen LogP contribution in [0, 0.1) is 6.92 Å². The Morgan fingerprint density at radius 3 is 2.31 bits per heavy atom. The summed E-state index contributed by atoms with van der Waals surface area (Å²) in [5.74, 6) is -0.0423. The fourth-order valence-electron chi connectivity index (χ4n) is 1.61. The summed E-state index contributed by atoms with van der Waals surface area (Å²) in [6, 6.07) is 8.24. The van der Waals surface area contributed by atoms with E-state index in [0.29, 0.717) is 6.61 Å². The van der Waals surface area contributed by atoms with Crippen molar-refractivity contribution >= 4 is 26.2 Å². The molecule has 0 fully saturated rings. The van der Waals surface area contributed by atoms with E-state index < -0.39 is 20.2 Å². The topological polar surface area (TPSA) is 26.3 Å². The van der Waals surface area contributed by atoms with Crippen molar-refractivity contribution in [3.8, 4) is 0 Å². The van der Waals surface area contributed by atoms with E-state index in [1.54, 1.807) is 0 Å². The molecule has 2 nitrogen and oxygen atoms in total. The van der Waals surface area contributed by atoms with Gasteiger partial charge in [-0.3, -0.25) is 0 Å². The Labute approximate surface area is 105 Å². The van der Waals surface area contributed by atoms with E-state index in [0.717, 1.165) is 5.56 Å². The van der Waals surface area contributed by atoms with Crippen LogP contribution in [0.2, 0.25) is 9.74 Å². The molecular weight excluding hydrogens is 310 g/mol. The minimum atomic E-state index is -1.52. The number of ether oxygens (including phenoxy) is 1. The zero-order valence-corrected chi connectivity index (χ0v) is 12.9. The molecule has 0 radical (unpaired) electrons. The van der Waals surface area contributed by atoms with Crippen molar-refractivity contribution in [3.63, 3.8) is 0 Å². The molecule has 0 aliphatic heterocycles. The maximum absolute atomic E-state index is 11.9. The van der Waals surface area contributed by atoms with E-state index in [9.17, 15) is 4.79 Å². The maximum atomic E-state index is 11.9. The Morgan fingerprint density at radius 2 is 1.88 bits per heavy atom. The monoisotopic (exact) mass is 328 g/mol. The SMILES string of the molecule is CCOC(=O)[CH](c1ccc(C)cc1)[Sb]([CH3])[CH3]. The average Bonchev–Trinajstić information content (AvgIpc) is 2.21. The van der Waals surface area contributed by atoms with E-state index >= 15 is 0 Å². The molecule has 0 aliphatic rings. The molecule has 0 saturated heterocycles. The fraction of sp³-hybridized carbons (Fsp3) is 0.462.